The van der Waals surface area contributed by atoms with Crippen LogP contribution < -0.4 is 5.56 Å². The summed E-state index contributed by atoms with van der Waals surface area (Å²) in [5.41, 5.74) is 2.55. The van der Waals surface area contributed by atoms with E-state index >= 15 is 0 Å². The van der Waals surface area contributed by atoms with E-state index in [9.17, 15) is 9.59 Å². The molecule has 1 aromatic carbocycles. The Morgan fingerprint density at radius 1 is 1.33 bits per heavy atom. The van der Waals surface area contributed by atoms with Gasteiger partial charge in [-0.3, -0.25) is 9.89 Å². The van der Waals surface area contributed by atoms with Gasteiger partial charge in [-0.1, -0.05) is 17.7 Å². The van der Waals surface area contributed by atoms with Gasteiger partial charge in [-0.15, -0.1) is 0 Å². The summed E-state index contributed by atoms with van der Waals surface area (Å²) in [7, 11) is 0. The van der Waals surface area contributed by atoms with E-state index in [1.54, 1.807) is 13.8 Å². The van der Waals surface area contributed by atoms with Gasteiger partial charge in [0.15, 0.2) is 0 Å². The number of aliphatic imine (C=N–C) groups is 1. The van der Waals surface area contributed by atoms with Crippen LogP contribution in [0.1, 0.15) is 23.7 Å². The maximum atomic E-state index is 12.3. The molecule has 1 heterocycles. The molecule has 1 N–H and O–H groups in total. The highest BCUT2D eigenvalue weighted by Gasteiger charge is 2.11. The monoisotopic (exact) mass is 287 g/mol. The van der Waals surface area contributed by atoms with E-state index in [0.717, 1.165) is 11.3 Å². The van der Waals surface area contributed by atoms with Crippen molar-refractivity contribution < 1.29 is 9.53 Å². The zero-order chi connectivity index (χ0) is 15.4. The molecule has 0 aliphatic heterocycles. The van der Waals surface area contributed by atoms with Gasteiger partial charge in [0.05, 0.1) is 17.9 Å². The number of nitrogens with zero attached hydrogens (tertiary/aromatic N) is 2. The molecule has 0 radical (unpaired) electrons. The Labute approximate surface area is 122 Å². The molecule has 2 aromatic rings. The van der Waals surface area contributed by atoms with Gasteiger partial charge in [0.25, 0.3) is 5.56 Å². The number of hydrogen-bond donors (Lipinski definition) is 1. The molecule has 6 nitrogen and oxygen atoms in total. The molecule has 0 bridgehead atoms. The van der Waals surface area contributed by atoms with Crippen LogP contribution in [0, 0.1) is 13.8 Å². The first kappa shape index (κ1) is 14.8. The maximum Gasteiger partial charge on any atom is 0.433 e. The van der Waals surface area contributed by atoms with Crippen molar-refractivity contribution in [1.29, 1.82) is 0 Å². The summed E-state index contributed by atoms with van der Waals surface area (Å²) in [6.07, 6.45) is 0.524. The lowest BCUT2D eigenvalue weighted by atomic mass is 10.2. The minimum Gasteiger partial charge on any atom is -0.448 e. The largest absolute Gasteiger partial charge is 0.448 e. The third-order valence-electron chi connectivity index (χ3n) is 2.98. The lowest BCUT2D eigenvalue weighted by molar-refractivity contribution is 0.163. The van der Waals surface area contributed by atoms with Crippen LogP contribution in [0.5, 0.6) is 0 Å². The summed E-state index contributed by atoms with van der Waals surface area (Å²) in [5, 5.41) is 2.97. The molecule has 110 valence electrons. The van der Waals surface area contributed by atoms with Crippen LogP contribution in [0.25, 0.3) is 5.69 Å². The minimum atomic E-state index is -0.709. The second-order valence-corrected chi connectivity index (χ2v) is 4.58. The van der Waals surface area contributed by atoms with Gasteiger partial charge in [0.2, 0.25) is 0 Å². The number of carbonyl (C=O) groups is 1. The van der Waals surface area contributed by atoms with Crippen molar-refractivity contribution in [3.05, 3.63) is 51.4 Å². The van der Waals surface area contributed by atoms with Crippen molar-refractivity contribution in [2.75, 3.05) is 6.61 Å². The summed E-state index contributed by atoms with van der Waals surface area (Å²) in [5.74, 6) is 0. The van der Waals surface area contributed by atoms with Gasteiger partial charge in [-0.2, -0.15) is 4.99 Å². The number of H-pyrrole nitrogens is 1. The number of rotatable bonds is 3. The zero-order valence-corrected chi connectivity index (χ0v) is 12.2. The number of nitrogens with one attached hydrogen (secondary N) is 1. The number of aryl methyl sites for hydroxylation is 2. The number of amides is 1. The summed E-state index contributed by atoms with van der Waals surface area (Å²) < 4.78 is 6.11. The highest BCUT2D eigenvalue weighted by atomic mass is 16.5. The van der Waals surface area contributed by atoms with Gasteiger partial charge >= 0.3 is 6.09 Å². The Kier molecular flexibility index (Phi) is 4.37. The van der Waals surface area contributed by atoms with Crippen LogP contribution in [0.15, 0.2) is 34.1 Å². The van der Waals surface area contributed by atoms with E-state index in [0.29, 0.717) is 11.3 Å². The predicted octanol–water partition coefficient (Wildman–Crippen LogP) is 2.36. The van der Waals surface area contributed by atoms with Gasteiger partial charge < -0.3 is 4.74 Å². The summed E-state index contributed by atoms with van der Waals surface area (Å²) >= 11 is 0. The normalized spacial score (nSPS) is 11.0. The molecule has 0 aliphatic carbocycles. The van der Waals surface area contributed by atoms with Crippen LogP contribution >= 0.6 is 0 Å². The highest BCUT2D eigenvalue weighted by molar-refractivity contribution is 5.89. The minimum absolute atomic E-state index is 0.246. The molecule has 6 heteroatoms. The summed E-state index contributed by atoms with van der Waals surface area (Å²) in [4.78, 5) is 27.2. The molecule has 0 fully saturated rings. The summed E-state index contributed by atoms with van der Waals surface area (Å²) in [6, 6.07) is 7.53. The smallest absolute Gasteiger partial charge is 0.433 e. The fourth-order valence-corrected chi connectivity index (χ4v) is 1.87. The molecule has 0 saturated carbocycles. The Hall–Kier alpha value is -2.63. The number of hydrogen-bond acceptors (Lipinski definition) is 3. The van der Waals surface area contributed by atoms with E-state index in [1.807, 2.05) is 31.2 Å². The van der Waals surface area contributed by atoms with E-state index in [4.69, 9.17) is 4.74 Å². The van der Waals surface area contributed by atoms with Crippen LogP contribution in [-0.2, 0) is 4.74 Å². The standard InChI is InChI=1S/C15H17N3O3/c1-4-21-15(20)16-9-13-11(3)17-18(14(13)19)12-7-5-10(2)6-8-12/h5-9,17H,4H2,1-3H3. The first-order chi connectivity index (χ1) is 10.0. The Bertz CT molecular complexity index is 724. The average molecular weight is 287 g/mol. The van der Waals surface area contributed by atoms with Gasteiger partial charge in [0, 0.05) is 11.9 Å². The van der Waals surface area contributed by atoms with Crippen molar-refractivity contribution in [2.45, 2.75) is 20.8 Å². The number of benzene rings is 1. The van der Waals surface area contributed by atoms with E-state index in [-0.39, 0.29) is 12.2 Å². The predicted molar refractivity (Wildman–Crippen MR) is 80.5 cm³/mol. The molecule has 2 rings (SSSR count). The molecule has 1 aromatic heterocycles. The molecule has 21 heavy (non-hydrogen) atoms. The van der Waals surface area contributed by atoms with Crippen LogP contribution in [0.4, 0.5) is 4.79 Å². The molecular weight excluding hydrogens is 270 g/mol. The van der Waals surface area contributed by atoms with Crippen molar-refractivity contribution in [1.82, 2.24) is 9.78 Å². The van der Waals surface area contributed by atoms with Gasteiger partial charge in [-0.25, -0.2) is 9.48 Å². The molecule has 1 amide bonds. The average Bonchev–Trinajstić information content (AvgIpc) is 2.73. The summed E-state index contributed by atoms with van der Waals surface area (Å²) in [6.45, 7) is 5.66. The topological polar surface area (TPSA) is 76.4 Å². The van der Waals surface area contributed by atoms with Crippen molar-refractivity contribution in [3.8, 4) is 5.69 Å². The SMILES string of the molecule is CCOC(=O)N=Cc1c(C)[nH]n(-c2ccc(C)cc2)c1=O. The van der Waals surface area contributed by atoms with Gasteiger partial charge in [0.1, 0.15) is 0 Å². The van der Waals surface area contributed by atoms with Crippen LogP contribution in [0.2, 0.25) is 0 Å². The number of aromatic nitrogens is 2. The molecule has 0 aliphatic rings. The second-order valence-electron chi connectivity index (χ2n) is 4.58. The van der Waals surface area contributed by atoms with E-state index in [2.05, 4.69) is 10.1 Å². The van der Waals surface area contributed by atoms with E-state index in [1.165, 1.54) is 10.9 Å². The number of carbonyl (C=O) groups excluding carboxylic acids is 1. The van der Waals surface area contributed by atoms with Crippen molar-refractivity contribution in [3.63, 3.8) is 0 Å². The molecule has 0 saturated heterocycles. The molecule has 0 spiro atoms. The zero-order valence-electron chi connectivity index (χ0n) is 12.2. The van der Waals surface area contributed by atoms with Crippen LogP contribution in [0.3, 0.4) is 0 Å². The third kappa shape index (κ3) is 3.28. The Morgan fingerprint density at radius 3 is 2.62 bits per heavy atom. The van der Waals surface area contributed by atoms with Crippen molar-refractivity contribution in [2.24, 2.45) is 4.99 Å². The first-order valence-corrected chi connectivity index (χ1v) is 6.62. The highest BCUT2D eigenvalue weighted by Crippen LogP contribution is 2.08. The molecule has 0 unspecified atom stereocenters. The van der Waals surface area contributed by atoms with Crippen molar-refractivity contribution >= 4 is 12.3 Å². The Balaban J connectivity index is 2.36. The fourth-order valence-electron chi connectivity index (χ4n) is 1.87. The lowest BCUT2D eigenvalue weighted by Crippen LogP contribution is -2.17. The Morgan fingerprint density at radius 2 is 2.00 bits per heavy atom. The van der Waals surface area contributed by atoms with E-state index < -0.39 is 6.09 Å². The lowest BCUT2D eigenvalue weighted by Gasteiger charge is -2.01. The first-order valence-electron chi connectivity index (χ1n) is 6.62. The second kappa shape index (κ2) is 6.21. The molecule has 0 atom stereocenters. The number of aromatic amines is 1. The quantitative estimate of drug-likeness (QED) is 0.880. The maximum absolute atomic E-state index is 12.3. The molecular formula is C15H17N3O3. The number of ether oxygens (including phenoxy) is 1. The third-order valence-corrected chi connectivity index (χ3v) is 2.98. The van der Waals surface area contributed by atoms with Gasteiger partial charge in [-0.05, 0) is 32.9 Å². The fraction of sp³-hybridized carbons (Fsp3) is 0.267. The van der Waals surface area contributed by atoms with Crippen LogP contribution in [-0.4, -0.2) is 28.7 Å².